The minimum absolute atomic E-state index is 0.0987. The predicted octanol–water partition coefficient (Wildman–Crippen LogP) is 5.22. The fourth-order valence-electron chi connectivity index (χ4n) is 8.43. The van der Waals surface area contributed by atoms with Crippen LogP contribution in [0.3, 0.4) is 0 Å². The lowest BCUT2D eigenvalue weighted by Crippen LogP contribution is -2.53. The molecule has 270 valence electrons. The fraction of sp³-hybridized carbons (Fsp3) is 0.205. The van der Waals surface area contributed by atoms with Gasteiger partial charge in [-0.05, 0) is 76.9 Å². The molecule has 10 nitrogen and oxygen atoms in total. The number of nitrogens with zero attached hydrogens (tertiary/aromatic N) is 1. The maximum Gasteiger partial charge on any atom is 0.324 e. The summed E-state index contributed by atoms with van der Waals surface area (Å²) in [6.07, 6.45) is -0.790. The van der Waals surface area contributed by atoms with Gasteiger partial charge in [-0.3, -0.25) is 19.3 Å². The third-order valence-corrected chi connectivity index (χ3v) is 10.6. The van der Waals surface area contributed by atoms with Crippen molar-refractivity contribution in [1.29, 1.82) is 0 Å². The molecule has 6 atom stereocenters. The standard InChI is InChI=1S/C44H37N3O7/c1-52-32-19-14-27(15-20-32)12-13-28-16-23-35-34(26-28)44(43(51)46-35)36(41(45)49)38-42(50)54-39(30-10-6-3-7-11-30)37(29-8-4-2-5-9-29)47(38)40(44)31-17-21-33(22-18-31)53-25-24-48/h2-11,14-23,26,36-40,48H,24-25H2,1H3,(H2,45,49)(H,46,51)/t36-,37-,38-,39+,40+,44-/m0/s1. The maximum absolute atomic E-state index is 15.0. The Balaban J connectivity index is 1.37. The maximum atomic E-state index is 15.0. The zero-order valence-electron chi connectivity index (χ0n) is 29.3. The van der Waals surface area contributed by atoms with Crippen molar-refractivity contribution in [2.45, 2.75) is 29.6 Å². The lowest BCUT2D eigenvalue weighted by molar-refractivity contribution is -0.178. The second-order valence-corrected chi connectivity index (χ2v) is 13.5. The number of carbonyl (C=O) groups excluding carboxylic acids is 3. The first-order chi connectivity index (χ1) is 26.3. The average Bonchev–Trinajstić information content (AvgIpc) is 3.69. The van der Waals surface area contributed by atoms with Gasteiger partial charge < -0.3 is 30.4 Å². The van der Waals surface area contributed by atoms with Crippen LogP contribution in [0.25, 0.3) is 0 Å². The summed E-state index contributed by atoms with van der Waals surface area (Å²) in [6.45, 7) is -0.0624. The van der Waals surface area contributed by atoms with E-state index >= 15 is 0 Å². The number of cyclic esters (lactones) is 1. The van der Waals surface area contributed by atoms with Gasteiger partial charge in [0.25, 0.3) is 0 Å². The molecule has 3 aliphatic heterocycles. The number of benzene rings is 5. The van der Waals surface area contributed by atoms with E-state index in [-0.39, 0.29) is 13.2 Å². The van der Waals surface area contributed by atoms with Crippen LogP contribution in [0, 0.1) is 17.8 Å². The Hall–Kier alpha value is -6.41. The van der Waals surface area contributed by atoms with E-state index in [2.05, 4.69) is 17.2 Å². The molecule has 5 aromatic rings. The second-order valence-electron chi connectivity index (χ2n) is 13.5. The number of fused-ring (bicyclic) bond motifs is 3. The molecule has 0 radical (unpaired) electrons. The number of nitrogens with two attached hydrogens (primary N) is 1. The highest BCUT2D eigenvalue weighted by atomic mass is 16.6. The summed E-state index contributed by atoms with van der Waals surface area (Å²) in [5, 5.41) is 12.4. The van der Waals surface area contributed by atoms with Gasteiger partial charge >= 0.3 is 5.97 Å². The number of carbonyl (C=O) groups is 3. The number of esters is 1. The summed E-state index contributed by atoms with van der Waals surface area (Å²) >= 11 is 0. The Morgan fingerprint density at radius 2 is 1.44 bits per heavy atom. The van der Waals surface area contributed by atoms with E-state index < -0.39 is 53.3 Å². The Kier molecular flexibility index (Phi) is 9.11. The summed E-state index contributed by atoms with van der Waals surface area (Å²) in [5.41, 5.74) is 9.27. The zero-order valence-corrected chi connectivity index (χ0v) is 29.3. The van der Waals surface area contributed by atoms with E-state index in [9.17, 15) is 19.5 Å². The molecular weight excluding hydrogens is 682 g/mol. The van der Waals surface area contributed by atoms with Crippen LogP contribution in [0.15, 0.2) is 127 Å². The van der Waals surface area contributed by atoms with Gasteiger partial charge in [0.05, 0.1) is 31.7 Å². The number of hydrogen-bond donors (Lipinski definition) is 3. The average molecular weight is 720 g/mol. The molecule has 2 amide bonds. The molecule has 3 aliphatic rings. The highest BCUT2D eigenvalue weighted by Crippen LogP contribution is 2.64. The van der Waals surface area contributed by atoms with Crippen LogP contribution in [-0.4, -0.2) is 54.2 Å². The number of aliphatic hydroxyl groups is 1. The van der Waals surface area contributed by atoms with Gasteiger partial charge in [-0.15, -0.1) is 0 Å². The van der Waals surface area contributed by atoms with E-state index in [0.717, 1.165) is 16.7 Å². The minimum Gasteiger partial charge on any atom is -0.497 e. The molecule has 1 spiro atoms. The van der Waals surface area contributed by atoms with Gasteiger partial charge in [0, 0.05) is 16.8 Å². The van der Waals surface area contributed by atoms with Crippen LogP contribution in [0.2, 0.25) is 0 Å². The van der Waals surface area contributed by atoms with Crippen molar-refractivity contribution in [1.82, 2.24) is 4.90 Å². The first-order valence-corrected chi connectivity index (χ1v) is 17.7. The summed E-state index contributed by atoms with van der Waals surface area (Å²) in [7, 11) is 1.60. The topological polar surface area (TPSA) is 140 Å². The van der Waals surface area contributed by atoms with Gasteiger partial charge in [-0.1, -0.05) is 84.6 Å². The van der Waals surface area contributed by atoms with Gasteiger partial charge in [-0.2, -0.15) is 0 Å². The van der Waals surface area contributed by atoms with Crippen molar-refractivity contribution < 1.29 is 33.7 Å². The Labute approximate surface area is 312 Å². The number of amides is 2. The largest absolute Gasteiger partial charge is 0.497 e. The van der Waals surface area contributed by atoms with Crippen molar-refractivity contribution in [2.24, 2.45) is 11.7 Å². The van der Waals surface area contributed by atoms with E-state index in [1.54, 1.807) is 25.3 Å². The van der Waals surface area contributed by atoms with Crippen LogP contribution in [0.1, 0.15) is 51.6 Å². The molecule has 4 N–H and O–H groups in total. The van der Waals surface area contributed by atoms with Crippen molar-refractivity contribution in [3.05, 3.63) is 161 Å². The lowest BCUT2D eigenvalue weighted by atomic mass is 9.65. The molecule has 5 aromatic carbocycles. The number of methoxy groups -OCH3 is 1. The molecule has 3 heterocycles. The number of ether oxygens (including phenoxy) is 3. The lowest BCUT2D eigenvalue weighted by Gasteiger charge is -2.46. The van der Waals surface area contributed by atoms with Crippen LogP contribution in [0.4, 0.5) is 5.69 Å². The van der Waals surface area contributed by atoms with E-state index in [1.165, 1.54) is 0 Å². The summed E-state index contributed by atoms with van der Waals surface area (Å²) in [4.78, 5) is 45.5. The van der Waals surface area contributed by atoms with Crippen molar-refractivity contribution >= 4 is 23.5 Å². The zero-order chi connectivity index (χ0) is 37.4. The quantitative estimate of drug-likeness (QED) is 0.147. The molecule has 10 heteroatoms. The smallest absolute Gasteiger partial charge is 0.324 e. The number of aliphatic hydroxyl groups excluding tert-OH is 1. The van der Waals surface area contributed by atoms with Crippen LogP contribution in [-0.2, 0) is 24.5 Å². The number of rotatable bonds is 8. The third kappa shape index (κ3) is 5.75. The molecule has 8 rings (SSSR count). The number of primary amides is 1. The monoisotopic (exact) mass is 719 g/mol. The van der Waals surface area contributed by atoms with E-state index in [0.29, 0.717) is 33.9 Å². The first kappa shape index (κ1) is 34.7. The Morgan fingerprint density at radius 1 is 0.815 bits per heavy atom. The number of hydrogen-bond acceptors (Lipinski definition) is 8. The van der Waals surface area contributed by atoms with Gasteiger partial charge in [0.15, 0.2) is 0 Å². The normalized spacial score (nSPS) is 24.1. The summed E-state index contributed by atoms with van der Waals surface area (Å²) < 4.78 is 17.3. The van der Waals surface area contributed by atoms with Crippen LogP contribution in [0.5, 0.6) is 11.5 Å². The molecule has 0 unspecified atom stereocenters. The second kappa shape index (κ2) is 14.2. The highest BCUT2D eigenvalue weighted by Gasteiger charge is 2.73. The molecule has 2 saturated heterocycles. The molecule has 0 saturated carbocycles. The number of anilines is 1. The molecule has 0 aliphatic carbocycles. The first-order valence-electron chi connectivity index (χ1n) is 17.7. The summed E-state index contributed by atoms with van der Waals surface area (Å²) in [5.74, 6) is 4.36. The number of morpholine rings is 1. The number of nitrogens with one attached hydrogen (secondary N) is 1. The molecule has 0 bridgehead atoms. The van der Waals surface area contributed by atoms with Gasteiger partial charge in [0.1, 0.15) is 35.7 Å². The highest BCUT2D eigenvalue weighted by molar-refractivity contribution is 6.12. The molecule has 54 heavy (non-hydrogen) atoms. The SMILES string of the molecule is COc1ccc(C#Cc2ccc3c(c2)[C@]2(C(=O)N3)[C@H](C(N)=O)[C@H]3C(=O)O[C@H](c4ccccc4)[C@H](c4ccccc4)N3[C@@H]2c2ccc(OCCO)cc2)cc1. The Morgan fingerprint density at radius 3 is 2.09 bits per heavy atom. The predicted molar refractivity (Wildman–Crippen MR) is 200 cm³/mol. The van der Waals surface area contributed by atoms with E-state index in [4.69, 9.17) is 19.9 Å². The van der Waals surface area contributed by atoms with Crippen LogP contribution < -0.4 is 20.5 Å². The Bertz CT molecular complexity index is 2270. The van der Waals surface area contributed by atoms with Crippen LogP contribution >= 0.6 is 0 Å². The minimum atomic E-state index is -1.69. The van der Waals surface area contributed by atoms with Crippen molar-refractivity contribution in [3.8, 4) is 23.3 Å². The molecule has 0 aromatic heterocycles. The molecule has 2 fully saturated rings. The van der Waals surface area contributed by atoms with E-state index in [1.807, 2.05) is 114 Å². The summed E-state index contributed by atoms with van der Waals surface area (Å²) in [6, 6.07) is 36.3. The van der Waals surface area contributed by atoms with Crippen molar-refractivity contribution in [2.75, 3.05) is 25.6 Å². The third-order valence-electron chi connectivity index (χ3n) is 10.6. The van der Waals surface area contributed by atoms with Crippen molar-refractivity contribution in [3.63, 3.8) is 0 Å². The van der Waals surface area contributed by atoms with Gasteiger partial charge in [-0.25, -0.2) is 0 Å². The fourth-order valence-corrected chi connectivity index (χ4v) is 8.43. The molecular formula is C44H37N3O7. The van der Waals surface area contributed by atoms with Gasteiger partial charge in [0.2, 0.25) is 11.8 Å².